The molecule has 7 atom stereocenters. The number of hydrogen-bond acceptors (Lipinski definition) is 12. The third-order valence-corrected chi connectivity index (χ3v) is 11.4. The van der Waals surface area contributed by atoms with E-state index in [0.717, 1.165) is 57.8 Å². The van der Waals surface area contributed by atoms with Gasteiger partial charge in [0.05, 0.1) is 46.1 Å². The van der Waals surface area contributed by atoms with Crippen LogP contribution in [0.2, 0.25) is 0 Å². The van der Waals surface area contributed by atoms with Crippen molar-refractivity contribution >= 4 is 19.8 Å². The second kappa shape index (κ2) is 34.5. The topological polar surface area (TPSA) is 181 Å². The summed E-state index contributed by atoms with van der Waals surface area (Å²) in [6, 6.07) is 0. The summed E-state index contributed by atoms with van der Waals surface area (Å²) >= 11 is 0. The first-order valence-electron chi connectivity index (χ1n) is 23.1. The Morgan fingerprint density at radius 2 is 1.37 bits per heavy atom. The van der Waals surface area contributed by atoms with Crippen molar-refractivity contribution in [3.63, 3.8) is 0 Å². The number of phosphoric acid groups is 1. The second-order valence-electron chi connectivity index (χ2n) is 17.3. The van der Waals surface area contributed by atoms with Gasteiger partial charge in [0.15, 0.2) is 12.4 Å². The Morgan fingerprint density at radius 3 is 2.03 bits per heavy atom. The van der Waals surface area contributed by atoms with Crippen LogP contribution in [-0.2, 0) is 37.4 Å². The van der Waals surface area contributed by atoms with Gasteiger partial charge in [0.25, 0.3) is 7.82 Å². The van der Waals surface area contributed by atoms with Crippen LogP contribution < -0.4 is 4.89 Å². The van der Waals surface area contributed by atoms with Crippen LogP contribution in [0.3, 0.4) is 0 Å². The Kier molecular flexibility index (Phi) is 32.3. The smallest absolute Gasteiger partial charge is 0.306 e. The fourth-order valence-electron chi connectivity index (χ4n) is 6.69. The molecular formula is C46H84NO12P. The molecule has 350 valence electrons. The summed E-state index contributed by atoms with van der Waals surface area (Å²) in [7, 11) is 1.01. The molecule has 60 heavy (non-hydrogen) atoms. The zero-order valence-corrected chi connectivity index (χ0v) is 38.8. The summed E-state index contributed by atoms with van der Waals surface area (Å²) in [6.45, 7) is 3.79. The number of carbonyl (C=O) groups is 2. The van der Waals surface area contributed by atoms with E-state index in [4.69, 9.17) is 23.3 Å². The average Bonchev–Trinajstić information content (AvgIpc) is 3.18. The Bertz CT molecular complexity index is 1240. The van der Waals surface area contributed by atoms with E-state index in [9.17, 15) is 34.4 Å². The quantitative estimate of drug-likeness (QED) is 0.0179. The van der Waals surface area contributed by atoms with Crippen LogP contribution in [0, 0.1) is 5.92 Å². The lowest BCUT2D eigenvalue weighted by Crippen LogP contribution is -2.43. The zero-order valence-electron chi connectivity index (χ0n) is 37.9. The van der Waals surface area contributed by atoms with Gasteiger partial charge in [0.1, 0.15) is 19.8 Å². The Morgan fingerprint density at radius 1 is 0.783 bits per heavy atom. The van der Waals surface area contributed by atoms with Gasteiger partial charge in [-0.25, -0.2) is 0 Å². The minimum absolute atomic E-state index is 0.0766. The van der Waals surface area contributed by atoms with Gasteiger partial charge in [-0.15, -0.1) is 0 Å². The highest BCUT2D eigenvalue weighted by molar-refractivity contribution is 7.45. The van der Waals surface area contributed by atoms with Crippen molar-refractivity contribution < 1.29 is 62.1 Å². The highest BCUT2D eigenvalue weighted by atomic mass is 31.2. The number of phosphoric ester groups is 1. The van der Waals surface area contributed by atoms with Crippen LogP contribution in [0.4, 0.5) is 0 Å². The van der Waals surface area contributed by atoms with Gasteiger partial charge in [-0.05, 0) is 57.8 Å². The largest absolute Gasteiger partial charge is 0.756 e. The first-order valence-corrected chi connectivity index (χ1v) is 24.6. The Labute approximate surface area is 363 Å². The molecule has 1 aliphatic heterocycles. The molecule has 1 fully saturated rings. The first-order chi connectivity index (χ1) is 28.7. The van der Waals surface area contributed by atoms with Gasteiger partial charge >= 0.3 is 11.9 Å². The lowest BCUT2D eigenvalue weighted by Gasteiger charge is -2.36. The minimum atomic E-state index is -4.70. The van der Waals surface area contributed by atoms with Crippen LogP contribution in [0.25, 0.3) is 0 Å². The van der Waals surface area contributed by atoms with Crippen molar-refractivity contribution in [2.75, 3.05) is 47.5 Å². The Hall–Kier alpha value is -1.93. The predicted octanol–water partition coefficient (Wildman–Crippen LogP) is 8.39. The fourth-order valence-corrected chi connectivity index (χ4v) is 7.42. The number of esters is 2. The highest BCUT2D eigenvalue weighted by Crippen LogP contribution is 2.38. The molecule has 1 heterocycles. The van der Waals surface area contributed by atoms with E-state index in [1.54, 1.807) is 12.2 Å². The molecule has 1 rings (SSSR count). The molecule has 0 aromatic rings. The van der Waals surface area contributed by atoms with Crippen molar-refractivity contribution in [2.24, 2.45) is 5.92 Å². The van der Waals surface area contributed by atoms with E-state index in [2.05, 4.69) is 26.0 Å². The van der Waals surface area contributed by atoms with E-state index in [0.29, 0.717) is 43.1 Å². The molecular weight excluding hydrogens is 789 g/mol. The zero-order chi connectivity index (χ0) is 44.5. The van der Waals surface area contributed by atoms with Gasteiger partial charge < -0.3 is 48.0 Å². The fraction of sp³-hybridized carbons (Fsp3) is 0.826. The van der Waals surface area contributed by atoms with Gasteiger partial charge in [0.2, 0.25) is 0 Å². The van der Waals surface area contributed by atoms with Gasteiger partial charge in [-0.1, -0.05) is 121 Å². The number of allylic oxidation sites excluding steroid dienone is 4. The molecule has 0 radical (unpaired) electrons. The molecule has 0 aromatic carbocycles. The van der Waals surface area contributed by atoms with Crippen molar-refractivity contribution in [2.45, 2.75) is 192 Å². The summed E-state index contributed by atoms with van der Waals surface area (Å²) in [5, 5.41) is 31.0. The van der Waals surface area contributed by atoms with Gasteiger partial charge in [-0.2, -0.15) is 0 Å². The number of unbranched alkanes of at least 4 members (excludes halogenated alkanes) is 14. The third kappa shape index (κ3) is 31.8. The number of aliphatic hydroxyl groups is 3. The molecule has 0 aromatic heterocycles. The summed E-state index contributed by atoms with van der Waals surface area (Å²) in [5.41, 5.74) is 0. The molecule has 0 saturated carbocycles. The minimum Gasteiger partial charge on any atom is -0.756 e. The van der Waals surface area contributed by atoms with Crippen molar-refractivity contribution in [1.82, 2.24) is 0 Å². The number of rotatable bonds is 37. The maximum atomic E-state index is 12.7. The lowest BCUT2D eigenvalue weighted by atomic mass is 9.87. The number of quaternary nitrogens is 1. The molecule has 1 saturated heterocycles. The number of hydrogen-bond donors (Lipinski definition) is 3. The molecule has 2 unspecified atom stereocenters. The maximum absolute atomic E-state index is 12.7. The maximum Gasteiger partial charge on any atom is 0.306 e. The molecule has 0 aliphatic carbocycles. The van der Waals surface area contributed by atoms with E-state index in [1.807, 2.05) is 33.3 Å². The van der Waals surface area contributed by atoms with Crippen molar-refractivity contribution in [3.8, 4) is 0 Å². The summed E-state index contributed by atoms with van der Waals surface area (Å²) in [4.78, 5) is 37.8. The van der Waals surface area contributed by atoms with Crippen molar-refractivity contribution in [3.05, 3.63) is 36.5 Å². The standard InChI is InChI=1S/C46H84NO12P/c1-6-8-10-11-12-13-14-15-16-17-18-19-20-21-27-31-45(51)58-40(38-57-60(53,54)56-35-34-47(3,4)5)37-55-44(50)30-26-23-22-25-29-41-42(49)36-46(52)59-43(41)33-32-39(48)28-24-9-7-2/h15-16,22,25,32-33,39-43,46,48-49,52H,6-14,17-21,23-24,26-31,34-38H2,1-5H3/b16-15-,25-22-,33-32+/t39-,40+,41-,42-,43+,46?/m0/s1. The van der Waals surface area contributed by atoms with Crippen LogP contribution >= 0.6 is 7.82 Å². The summed E-state index contributed by atoms with van der Waals surface area (Å²) < 4.78 is 39.5. The number of carbonyl (C=O) groups excluding carboxylic acids is 2. The predicted molar refractivity (Wildman–Crippen MR) is 235 cm³/mol. The molecule has 0 bridgehead atoms. The molecule has 1 aliphatic rings. The van der Waals surface area contributed by atoms with E-state index in [-0.39, 0.29) is 38.4 Å². The van der Waals surface area contributed by atoms with Crippen molar-refractivity contribution in [1.29, 1.82) is 0 Å². The number of nitrogens with zero attached hydrogens (tertiary/aromatic N) is 1. The van der Waals surface area contributed by atoms with E-state index in [1.165, 1.54) is 38.5 Å². The highest BCUT2D eigenvalue weighted by Gasteiger charge is 2.35. The first kappa shape index (κ1) is 56.1. The van der Waals surface area contributed by atoms with Crippen LogP contribution in [0.5, 0.6) is 0 Å². The number of ether oxygens (including phenoxy) is 3. The average molecular weight is 874 g/mol. The normalized spacial score (nSPS) is 20.8. The van der Waals surface area contributed by atoms with E-state index < -0.39 is 57.1 Å². The molecule has 0 spiro atoms. The summed E-state index contributed by atoms with van der Waals surface area (Å²) in [6.07, 6.45) is 27.9. The molecule has 3 N–H and O–H groups in total. The van der Waals surface area contributed by atoms with Crippen LogP contribution in [0.15, 0.2) is 36.5 Å². The number of likely N-dealkylation sites (N-methyl/N-ethyl adjacent to an activating group) is 1. The summed E-state index contributed by atoms with van der Waals surface area (Å²) in [5.74, 6) is -1.35. The molecule has 13 nitrogen and oxygen atoms in total. The SMILES string of the molecule is CCCCCCCC/C=C\CCCCCCCC(=O)O[C@H](COC(=O)CCC/C=C\C[C@H]1[C@@H](O)CC(O)O[C@@H]1/C=C/[C@@H](O)CCCCC)COP(=O)([O-])OCC[N+](C)(C)C. The third-order valence-electron chi connectivity index (χ3n) is 10.4. The molecule has 14 heteroatoms. The molecule has 0 amide bonds. The Balaban J connectivity index is 2.53. The van der Waals surface area contributed by atoms with Crippen LogP contribution in [-0.4, -0.2) is 110 Å². The van der Waals surface area contributed by atoms with Gasteiger partial charge in [-0.3, -0.25) is 14.2 Å². The van der Waals surface area contributed by atoms with Gasteiger partial charge in [0, 0.05) is 25.2 Å². The monoisotopic (exact) mass is 874 g/mol. The number of aliphatic hydroxyl groups excluding tert-OH is 3. The van der Waals surface area contributed by atoms with E-state index >= 15 is 0 Å². The lowest BCUT2D eigenvalue weighted by molar-refractivity contribution is -0.870. The van der Waals surface area contributed by atoms with Crippen LogP contribution in [0.1, 0.15) is 162 Å². The second-order valence-corrected chi connectivity index (χ2v) is 18.7.